The van der Waals surface area contributed by atoms with Gasteiger partial charge in [0, 0.05) is 29.9 Å². The molecular weight excluding hydrogens is 348 g/mol. The van der Waals surface area contributed by atoms with Crippen molar-refractivity contribution in [1.29, 1.82) is 0 Å². The Bertz CT molecular complexity index is 1070. The molecule has 0 aliphatic carbocycles. The lowest BCUT2D eigenvalue weighted by molar-refractivity contribution is 0.0953. The van der Waals surface area contributed by atoms with Gasteiger partial charge in [0.2, 0.25) is 0 Å². The van der Waals surface area contributed by atoms with Crippen LogP contribution < -0.4 is 5.32 Å². The van der Waals surface area contributed by atoms with E-state index in [0.717, 1.165) is 28.3 Å². The van der Waals surface area contributed by atoms with Crippen LogP contribution in [0.25, 0.3) is 10.9 Å². The highest BCUT2D eigenvalue weighted by atomic mass is 32.2. The van der Waals surface area contributed by atoms with Crippen LogP contribution >= 0.6 is 0 Å². The molecule has 2 aromatic carbocycles. The summed E-state index contributed by atoms with van der Waals surface area (Å²) in [6.45, 7) is 2.23. The Morgan fingerprint density at radius 3 is 2.65 bits per heavy atom. The molecule has 5 nitrogen and oxygen atoms in total. The summed E-state index contributed by atoms with van der Waals surface area (Å²) < 4.78 is 23.4. The fourth-order valence-corrected chi connectivity index (χ4v) is 3.50. The number of carbonyl (C=O) groups excluding carboxylic acids is 1. The Morgan fingerprint density at radius 2 is 1.88 bits per heavy atom. The van der Waals surface area contributed by atoms with Gasteiger partial charge in [-0.15, -0.1) is 0 Å². The minimum Gasteiger partial charge on any atom is -0.352 e. The Balaban J connectivity index is 1.73. The molecule has 0 spiro atoms. The number of aryl methyl sites for hydroxylation is 1. The molecule has 6 heteroatoms. The van der Waals surface area contributed by atoms with Crippen LogP contribution in [0.1, 0.15) is 21.5 Å². The lowest BCUT2D eigenvalue weighted by atomic mass is 10.1. The number of aromatic nitrogens is 1. The highest BCUT2D eigenvalue weighted by molar-refractivity contribution is 7.90. The van der Waals surface area contributed by atoms with E-state index < -0.39 is 9.84 Å². The van der Waals surface area contributed by atoms with E-state index in [4.69, 9.17) is 0 Å². The van der Waals surface area contributed by atoms with Crippen molar-refractivity contribution in [3.63, 3.8) is 0 Å². The van der Waals surface area contributed by atoms with E-state index in [9.17, 15) is 13.2 Å². The predicted octanol–water partition coefficient (Wildman–Crippen LogP) is 2.92. The summed E-state index contributed by atoms with van der Waals surface area (Å²) in [6, 6.07) is 14.5. The molecule has 1 amide bonds. The molecule has 0 radical (unpaired) electrons. The van der Waals surface area contributed by atoms with Crippen LogP contribution in [0.2, 0.25) is 0 Å². The number of fused-ring (bicyclic) bond motifs is 1. The van der Waals surface area contributed by atoms with Crippen molar-refractivity contribution in [3.8, 4) is 0 Å². The normalized spacial score (nSPS) is 11.5. The second kappa shape index (κ2) is 7.25. The molecule has 1 aromatic heterocycles. The molecule has 0 bridgehead atoms. The van der Waals surface area contributed by atoms with Gasteiger partial charge in [0.05, 0.1) is 10.4 Å². The van der Waals surface area contributed by atoms with Crippen LogP contribution in [-0.4, -0.2) is 32.1 Å². The number of hydrogen-bond acceptors (Lipinski definition) is 4. The minimum atomic E-state index is -3.35. The van der Waals surface area contributed by atoms with Gasteiger partial charge in [0.15, 0.2) is 9.84 Å². The first-order chi connectivity index (χ1) is 12.4. The van der Waals surface area contributed by atoms with Gasteiger partial charge in [-0.3, -0.25) is 9.78 Å². The zero-order valence-electron chi connectivity index (χ0n) is 14.7. The van der Waals surface area contributed by atoms with Gasteiger partial charge >= 0.3 is 0 Å². The smallest absolute Gasteiger partial charge is 0.251 e. The first kappa shape index (κ1) is 18.1. The molecule has 3 rings (SSSR count). The molecule has 0 atom stereocenters. The van der Waals surface area contributed by atoms with E-state index in [1.807, 2.05) is 30.3 Å². The Kier molecular flexibility index (Phi) is 5.04. The van der Waals surface area contributed by atoms with Crippen molar-refractivity contribution in [2.45, 2.75) is 18.2 Å². The summed E-state index contributed by atoms with van der Waals surface area (Å²) in [4.78, 5) is 17.0. The maximum atomic E-state index is 12.5. The number of amides is 1. The molecule has 0 fully saturated rings. The standard InChI is InChI=1S/C20H20N2O3S/c1-14-8-9-17(26(2,24)25)13-18(14)20(23)22-12-10-16-6-3-5-15-7-4-11-21-19(15)16/h3-9,11,13H,10,12H2,1-2H3,(H,22,23). The van der Waals surface area contributed by atoms with Gasteiger partial charge in [-0.1, -0.05) is 30.3 Å². The third-order valence-corrected chi connectivity index (χ3v) is 5.39. The van der Waals surface area contributed by atoms with E-state index in [1.54, 1.807) is 19.2 Å². The fourth-order valence-electron chi connectivity index (χ4n) is 2.85. The van der Waals surface area contributed by atoms with Gasteiger partial charge in [-0.25, -0.2) is 8.42 Å². The van der Waals surface area contributed by atoms with Crippen molar-refractivity contribution in [1.82, 2.24) is 10.3 Å². The van der Waals surface area contributed by atoms with Gasteiger partial charge < -0.3 is 5.32 Å². The molecule has 1 N–H and O–H groups in total. The molecule has 3 aromatic rings. The average molecular weight is 368 g/mol. The van der Waals surface area contributed by atoms with Crippen molar-refractivity contribution >= 4 is 26.6 Å². The number of sulfone groups is 1. The second-order valence-electron chi connectivity index (χ2n) is 6.25. The third kappa shape index (κ3) is 3.91. The highest BCUT2D eigenvalue weighted by Crippen LogP contribution is 2.17. The van der Waals surface area contributed by atoms with Crippen molar-refractivity contribution in [3.05, 3.63) is 71.4 Å². The summed E-state index contributed by atoms with van der Waals surface area (Å²) in [5.74, 6) is -0.277. The summed E-state index contributed by atoms with van der Waals surface area (Å²) in [7, 11) is -3.35. The zero-order valence-corrected chi connectivity index (χ0v) is 15.5. The SMILES string of the molecule is Cc1ccc(S(C)(=O)=O)cc1C(=O)NCCc1cccc2cccnc12. The first-order valence-corrected chi connectivity index (χ1v) is 10.2. The summed E-state index contributed by atoms with van der Waals surface area (Å²) in [5.41, 5.74) is 3.11. The van der Waals surface area contributed by atoms with Gasteiger partial charge in [-0.05, 0) is 42.7 Å². The molecule has 134 valence electrons. The number of benzene rings is 2. The van der Waals surface area contributed by atoms with Crippen LogP contribution in [0.15, 0.2) is 59.6 Å². The lowest BCUT2D eigenvalue weighted by Gasteiger charge is -2.10. The number of hydrogen-bond donors (Lipinski definition) is 1. The van der Waals surface area contributed by atoms with Gasteiger partial charge in [-0.2, -0.15) is 0 Å². The molecular formula is C20H20N2O3S. The van der Waals surface area contributed by atoms with Crippen LogP contribution in [0.5, 0.6) is 0 Å². The zero-order chi connectivity index (χ0) is 18.7. The van der Waals surface area contributed by atoms with E-state index in [2.05, 4.69) is 10.3 Å². The van der Waals surface area contributed by atoms with Crippen LogP contribution in [0, 0.1) is 6.92 Å². The van der Waals surface area contributed by atoms with E-state index in [-0.39, 0.29) is 10.8 Å². The Morgan fingerprint density at radius 1 is 1.12 bits per heavy atom. The van der Waals surface area contributed by atoms with Crippen LogP contribution in [0.4, 0.5) is 0 Å². The van der Waals surface area contributed by atoms with E-state index in [0.29, 0.717) is 18.5 Å². The number of nitrogens with zero attached hydrogens (tertiary/aromatic N) is 1. The molecule has 26 heavy (non-hydrogen) atoms. The van der Waals surface area contributed by atoms with Crippen LogP contribution in [0.3, 0.4) is 0 Å². The summed E-state index contributed by atoms with van der Waals surface area (Å²) >= 11 is 0. The monoisotopic (exact) mass is 368 g/mol. The van der Waals surface area contributed by atoms with Crippen molar-refractivity contribution in [2.75, 3.05) is 12.8 Å². The average Bonchev–Trinajstić information content (AvgIpc) is 2.61. The number of para-hydroxylation sites is 1. The van der Waals surface area contributed by atoms with Gasteiger partial charge in [0.25, 0.3) is 5.91 Å². The Hall–Kier alpha value is -2.73. The maximum Gasteiger partial charge on any atom is 0.251 e. The number of pyridine rings is 1. The maximum absolute atomic E-state index is 12.5. The molecule has 0 saturated heterocycles. The summed E-state index contributed by atoms with van der Waals surface area (Å²) in [6.07, 6.45) is 3.53. The quantitative estimate of drug-likeness (QED) is 0.751. The van der Waals surface area contributed by atoms with Crippen molar-refractivity contribution < 1.29 is 13.2 Å². The summed E-state index contributed by atoms with van der Waals surface area (Å²) in [5, 5.41) is 3.93. The molecule has 0 saturated carbocycles. The molecule has 1 heterocycles. The highest BCUT2D eigenvalue weighted by Gasteiger charge is 2.14. The largest absolute Gasteiger partial charge is 0.352 e. The first-order valence-electron chi connectivity index (χ1n) is 8.28. The molecule has 0 aliphatic rings. The molecule has 0 aliphatic heterocycles. The topological polar surface area (TPSA) is 76.1 Å². The number of rotatable bonds is 5. The van der Waals surface area contributed by atoms with Gasteiger partial charge in [0.1, 0.15) is 0 Å². The van der Waals surface area contributed by atoms with Crippen LogP contribution in [-0.2, 0) is 16.3 Å². The lowest BCUT2D eigenvalue weighted by Crippen LogP contribution is -2.26. The predicted molar refractivity (Wildman–Crippen MR) is 102 cm³/mol. The Labute approximate surface area is 153 Å². The second-order valence-corrected chi connectivity index (χ2v) is 8.26. The van der Waals surface area contributed by atoms with Crippen molar-refractivity contribution in [2.24, 2.45) is 0 Å². The van der Waals surface area contributed by atoms with E-state index in [1.165, 1.54) is 12.1 Å². The number of carbonyl (C=O) groups is 1. The fraction of sp³-hybridized carbons (Fsp3) is 0.200. The molecule has 0 unspecified atom stereocenters. The third-order valence-electron chi connectivity index (χ3n) is 4.28. The number of nitrogens with one attached hydrogen (secondary N) is 1. The minimum absolute atomic E-state index is 0.145. The van der Waals surface area contributed by atoms with E-state index >= 15 is 0 Å².